The summed E-state index contributed by atoms with van der Waals surface area (Å²) in [6.07, 6.45) is -3.81. The molecular formula is C14H21F3N2O2. The van der Waals surface area contributed by atoms with E-state index in [1.54, 1.807) is 19.2 Å². The van der Waals surface area contributed by atoms with E-state index in [0.717, 1.165) is 18.5 Å². The molecule has 0 bridgehead atoms. The van der Waals surface area contributed by atoms with Crippen molar-refractivity contribution in [2.75, 3.05) is 33.9 Å². The molecule has 21 heavy (non-hydrogen) atoms. The van der Waals surface area contributed by atoms with Gasteiger partial charge in [0.15, 0.2) is 0 Å². The first-order chi connectivity index (χ1) is 9.87. The van der Waals surface area contributed by atoms with Crippen molar-refractivity contribution >= 4 is 0 Å². The van der Waals surface area contributed by atoms with Gasteiger partial charge in [0.05, 0.1) is 0 Å². The summed E-state index contributed by atoms with van der Waals surface area (Å²) in [5, 5.41) is 0. The zero-order valence-corrected chi connectivity index (χ0v) is 12.2. The average molecular weight is 306 g/mol. The van der Waals surface area contributed by atoms with Crippen LogP contribution >= 0.6 is 0 Å². The van der Waals surface area contributed by atoms with Crippen LogP contribution in [0, 0.1) is 0 Å². The molecule has 1 aromatic carbocycles. The summed E-state index contributed by atoms with van der Waals surface area (Å²) in [6, 6.07) is 5.75. The van der Waals surface area contributed by atoms with Gasteiger partial charge in [0.2, 0.25) is 0 Å². The number of benzene rings is 1. The van der Waals surface area contributed by atoms with E-state index in [9.17, 15) is 13.2 Å². The largest absolute Gasteiger partial charge is 0.573 e. The molecule has 0 saturated heterocycles. The van der Waals surface area contributed by atoms with Crippen LogP contribution in [-0.4, -0.2) is 45.1 Å². The van der Waals surface area contributed by atoms with Crippen molar-refractivity contribution in [2.45, 2.75) is 18.8 Å². The lowest BCUT2D eigenvalue weighted by molar-refractivity contribution is -0.274. The number of nitrogens with two attached hydrogens (primary N) is 1. The molecule has 0 spiro atoms. The van der Waals surface area contributed by atoms with Gasteiger partial charge in [0.1, 0.15) is 5.75 Å². The maximum Gasteiger partial charge on any atom is 0.573 e. The van der Waals surface area contributed by atoms with Gasteiger partial charge in [-0.3, -0.25) is 4.90 Å². The minimum Gasteiger partial charge on any atom is -0.406 e. The molecule has 1 atom stereocenters. The predicted molar refractivity (Wildman–Crippen MR) is 74.0 cm³/mol. The normalized spacial score (nSPS) is 13.5. The number of hydrogen-bond acceptors (Lipinski definition) is 4. The van der Waals surface area contributed by atoms with Crippen molar-refractivity contribution in [1.82, 2.24) is 4.90 Å². The number of rotatable bonds is 8. The van der Waals surface area contributed by atoms with Gasteiger partial charge in [-0.2, -0.15) is 0 Å². The second-order valence-electron chi connectivity index (χ2n) is 4.70. The Balaban J connectivity index is 2.68. The molecule has 0 aliphatic carbocycles. The highest BCUT2D eigenvalue weighted by molar-refractivity contribution is 5.29. The van der Waals surface area contributed by atoms with Crippen LogP contribution in [0.2, 0.25) is 0 Å². The van der Waals surface area contributed by atoms with E-state index in [1.165, 1.54) is 12.1 Å². The second kappa shape index (κ2) is 8.21. The molecule has 4 nitrogen and oxygen atoms in total. The van der Waals surface area contributed by atoms with Crippen LogP contribution in [-0.2, 0) is 4.74 Å². The average Bonchev–Trinajstić information content (AvgIpc) is 2.40. The molecule has 7 heteroatoms. The summed E-state index contributed by atoms with van der Waals surface area (Å²) in [5.74, 6) is -0.232. The Morgan fingerprint density at radius 2 is 1.86 bits per heavy atom. The molecule has 0 heterocycles. The lowest BCUT2D eigenvalue weighted by Gasteiger charge is -2.27. The fourth-order valence-electron chi connectivity index (χ4n) is 2.08. The van der Waals surface area contributed by atoms with Gasteiger partial charge in [0.25, 0.3) is 0 Å². The van der Waals surface area contributed by atoms with E-state index in [-0.39, 0.29) is 11.8 Å². The summed E-state index contributed by atoms with van der Waals surface area (Å²) in [7, 11) is 3.56. The van der Waals surface area contributed by atoms with Gasteiger partial charge in [-0.15, -0.1) is 13.2 Å². The second-order valence-corrected chi connectivity index (χ2v) is 4.70. The van der Waals surface area contributed by atoms with Crippen molar-refractivity contribution in [2.24, 2.45) is 5.73 Å². The van der Waals surface area contributed by atoms with Crippen molar-refractivity contribution in [3.05, 3.63) is 29.8 Å². The molecule has 1 unspecified atom stereocenters. The monoisotopic (exact) mass is 306 g/mol. The van der Waals surface area contributed by atoms with E-state index in [0.29, 0.717) is 13.2 Å². The number of halogens is 3. The van der Waals surface area contributed by atoms with Crippen molar-refractivity contribution < 1.29 is 22.6 Å². The van der Waals surface area contributed by atoms with Gasteiger partial charge >= 0.3 is 6.36 Å². The smallest absolute Gasteiger partial charge is 0.406 e. The number of methoxy groups -OCH3 is 1. The van der Waals surface area contributed by atoms with Gasteiger partial charge in [-0.1, -0.05) is 12.1 Å². The number of hydrogen-bond donors (Lipinski definition) is 1. The molecule has 0 aliphatic rings. The third kappa shape index (κ3) is 6.33. The molecular weight excluding hydrogens is 285 g/mol. The Kier molecular flexibility index (Phi) is 6.94. The highest BCUT2D eigenvalue weighted by Crippen LogP contribution is 2.25. The molecule has 0 fully saturated rings. The fourth-order valence-corrected chi connectivity index (χ4v) is 2.08. The van der Waals surface area contributed by atoms with Crippen molar-refractivity contribution in [3.63, 3.8) is 0 Å². The topological polar surface area (TPSA) is 47.7 Å². The van der Waals surface area contributed by atoms with Crippen LogP contribution in [0.5, 0.6) is 5.75 Å². The molecule has 0 aliphatic heterocycles. The predicted octanol–water partition coefficient (Wildman–Crippen LogP) is 2.55. The first-order valence-electron chi connectivity index (χ1n) is 6.62. The number of nitrogens with zero attached hydrogens (tertiary/aromatic N) is 1. The highest BCUT2D eigenvalue weighted by Gasteiger charge is 2.31. The highest BCUT2D eigenvalue weighted by atomic mass is 19.4. The lowest BCUT2D eigenvalue weighted by atomic mass is 10.1. The minimum absolute atomic E-state index is 0.0539. The van der Waals surface area contributed by atoms with E-state index in [2.05, 4.69) is 9.64 Å². The Hall–Kier alpha value is -1.31. The van der Waals surface area contributed by atoms with Gasteiger partial charge < -0.3 is 15.2 Å². The molecule has 0 aromatic heterocycles. The van der Waals surface area contributed by atoms with Crippen LogP contribution < -0.4 is 10.5 Å². The quantitative estimate of drug-likeness (QED) is 0.750. The Morgan fingerprint density at radius 3 is 2.33 bits per heavy atom. The zero-order valence-electron chi connectivity index (χ0n) is 12.2. The summed E-state index contributed by atoms with van der Waals surface area (Å²) in [6.45, 7) is 1.82. The molecule has 120 valence electrons. The standard InChI is InChI=1S/C14H21F3N2O2/c1-19(8-3-9-20-2)13(10-18)11-4-6-12(7-5-11)21-14(15,16)17/h4-7,13H,3,8-10,18H2,1-2H3. The Bertz CT molecular complexity index is 410. The van der Waals surface area contributed by atoms with Gasteiger partial charge in [0, 0.05) is 32.8 Å². The van der Waals surface area contributed by atoms with Gasteiger partial charge in [-0.05, 0) is 31.2 Å². The summed E-state index contributed by atoms with van der Waals surface area (Å²) < 4.78 is 45.2. The summed E-state index contributed by atoms with van der Waals surface area (Å²) >= 11 is 0. The maximum atomic E-state index is 12.1. The van der Waals surface area contributed by atoms with Crippen LogP contribution in [0.1, 0.15) is 18.0 Å². The van der Waals surface area contributed by atoms with Crippen LogP contribution in [0.4, 0.5) is 13.2 Å². The molecule has 0 radical (unpaired) electrons. The molecule has 1 aromatic rings. The molecule has 0 amide bonds. The Labute approximate surface area is 122 Å². The summed E-state index contributed by atoms with van der Waals surface area (Å²) in [5.41, 5.74) is 6.62. The maximum absolute atomic E-state index is 12.1. The number of likely N-dealkylation sites (N-methyl/N-ethyl adjacent to an activating group) is 1. The summed E-state index contributed by atoms with van der Waals surface area (Å²) in [4.78, 5) is 2.05. The molecule has 0 saturated carbocycles. The van der Waals surface area contributed by atoms with Crippen LogP contribution in [0.3, 0.4) is 0 Å². The number of alkyl halides is 3. The lowest BCUT2D eigenvalue weighted by Crippen LogP contribution is -2.31. The minimum atomic E-state index is -4.67. The van der Waals surface area contributed by atoms with E-state index >= 15 is 0 Å². The van der Waals surface area contributed by atoms with Crippen molar-refractivity contribution in [3.8, 4) is 5.75 Å². The zero-order chi connectivity index (χ0) is 15.9. The Morgan fingerprint density at radius 1 is 1.24 bits per heavy atom. The third-order valence-corrected chi connectivity index (χ3v) is 3.11. The first kappa shape index (κ1) is 17.7. The first-order valence-corrected chi connectivity index (χ1v) is 6.62. The number of ether oxygens (including phenoxy) is 2. The van der Waals surface area contributed by atoms with E-state index in [4.69, 9.17) is 10.5 Å². The van der Waals surface area contributed by atoms with Gasteiger partial charge in [-0.25, -0.2) is 0 Å². The van der Waals surface area contributed by atoms with Crippen LogP contribution in [0.25, 0.3) is 0 Å². The third-order valence-electron chi connectivity index (χ3n) is 3.11. The molecule has 1 rings (SSSR count). The molecule has 2 N–H and O–H groups in total. The van der Waals surface area contributed by atoms with Crippen molar-refractivity contribution in [1.29, 1.82) is 0 Å². The fraction of sp³-hybridized carbons (Fsp3) is 0.571. The van der Waals surface area contributed by atoms with E-state index < -0.39 is 6.36 Å². The van der Waals surface area contributed by atoms with E-state index in [1.807, 2.05) is 7.05 Å². The SMILES string of the molecule is COCCCN(C)C(CN)c1ccc(OC(F)(F)F)cc1. The van der Waals surface area contributed by atoms with Crippen LogP contribution in [0.15, 0.2) is 24.3 Å².